The zero-order chi connectivity index (χ0) is 21.0. The quantitative estimate of drug-likeness (QED) is 0.632. The number of hydrogen-bond donors (Lipinski definition) is 1. The van der Waals surface area contributed by atoms with Gasteiger partial charge in [-0.2, -0.15) is 4.98 Å². The number of imidazole rings is 1. The molecule has 1 aromatic carbocycles. The molecule has 0 amide bonds. The first-order chi connectivity index (χ1) is 15.3. The minimum absolute atomic E-state index is 0.155. The molecule has 8 heteroatoms. The predicted molar refractivity (Wildman–Crippen MR) is 112 cm³/mol. The molecule has 1 aliphatic heterocycles. The highest BCUT2D eigenvalue weighted by atomic mass is 19.1. The van der Waals surface area contributed by atoms with Gasteiger partial charge in [0.25, 0.3) is 0 Å². The Morgan fingerprint density at radius 3 is 2.48 bits per heavy atom. The number of rotatable bonds is 5. The number of aromatic nitrogens is 4. The largest absolute Gasteiger partial charge is 0.460 e. The Balaban J connectivity index is 1.50. The third-order valence-corrected chi connectivity index (χ3v) is 5.60. The second kappa shape index (κ2) is 9.11. The summed E-state index contributed by atoms with van der Waals surface area (Å²) in [4.78, 5) is 17.0. The van der Waals surface area contributed by atoms with E-state index in [1.807, 2.05) is 0 Å². The molecule has 2 fully saturated rings. The van der Waals surface area contributed by atoms with Crippen LogP contribution in [0.4, 0.5) is 4.39 Å². The summed E-state index contributed by atoms with van der Waals surface area (Å²) in [5, 5.41) is 0. The lowest BCUT2D eigenvalue weighted by molar-refractivity contribution is -0.186. The van der Waals surface area contributed by atoms with Gasteiger partial charge >= 0.3 is 6.01 Å². The molecule has 2 aliphatic rings. The van der Waals surface area contributed by atoms with E-state index in [1.165, 1.54) is 31.4 Å². The lowest BCUT2D eigenvalue weighted by Crippen LogP contribution is -2.20. The SMILES string of the molecule is Fc1ccc(-c2nc(C3OCCCO3)[nH]c2-c2ccnc(OC3CCCCC3)n2)cc1. The van der Waals surface area contributed by atoms with Crippen molar-refractivity contribution < 1.29 is 18.6 Å². The predicted octanol–water partition coefficient (Wildman–Crippen LogP) is 4.82. The molecule has 0 atom stereocenters. The van der Waals surface area contributed by atoms with Gasteiger partial charge in [-0.25, -0.2) is 14.4 Å². The summed E-state index contributed by atoms with van der Waals surface area (Å²) in [6, 6.07) is 8.39. The van der Waals surface area contributed by atoms with Crippen molar-refractivity contribution in [3.05, 3.63) is 48.2 Å². The van der Waals surface area contributed by atoms with Crippen LogP contribution in [-0.2, 0) is 9.47 Å². The Kier molecular flexibility index (Phi) is 5.90. The van der Waals surface area contributed by atoms with Gasteiger partial charge in [0, 0.05) is 11.8 Å². The Bertz CT molecular complexity index is 1010. The standard InChI is InChI=1S/C23H25FN4O3/c24-16-9-7-15(8-10-16)19-20(28-21(27-19)22-29-13-4-14-30-22)18-11-12-25-23(26-18)31-17-5-2-1-3-6-17/h7-12,17,22H,1-6,13-14H2,(H,27,28). The van der Waals surface area contributed by atoms with Gasteiger partial charge in [-0.05, 0) is 62.4 Å². The van der Waals surface area contributed by atoms with Crippen molar-refractivity contribution in [3.8, 4) is 28.7 Å². The molecule has 3 heterocycles. The molecule has 162 valence electrons. The van der Waals surface area contributed by atoms with E-state index in [1.54, 1.807) is 24.4 Å². The van der Waals surface area contributed by atoms with E-state index in [4.69, 9.17) is 19.2 Å². The molecular formula is C23H25FN4O3. The Morgan fingerprint density at radius 1 is 0.935 bits per heavy atom. The molecule has 1 N–H and O–H groups in total. The van der Waals surface area contributed by atoms with Crippen LogP contribution in [0.25, 0.3) is 22.6 Å². The summed E-state index contributed by atoms with van der Waals surface area (Å²) in [5.74, 6) is 0.257. The second-order valence-electron chi connectivity index (χ2n) is 7.88. The van der Waals surface area contributed by atoms with E-state index in [0.717, 1.165) is 24.8 Å². The van der Waals surface area contributed by atoms with E-state index in [9.17, 15) is 4.39 Å². The van der Waals surface area contributed by atoms with E-state index >= 15 is 0 Å². The maximum Gasteiger partial charge on any atom is 0.317 e. The maximum atomic E-state index is 13.5. The third kappa shape index (κ3) is 4.60. The average molecular weight is 424 g/mol. The van der Waals surface area contributed by atoms with Crippen LogP contribution in [0.3, 0.4) is 0 Å². The van der Waals surface area contributed by atoms with Crippen LogP contribution in [-0.4, -0.2) is 39.3 Å². The third-order valence-electron chi connectivity index (χ3n) is 5.60. The van der Waals surface area contributed by atoms with Crippen molar-refractivity contribution in [3.63, 3.8) is 0 Å². The molecule has 1 saturated carbocycles. The minimum Gasteiger partial charge on any atom is -0.460 e. The lowest BCUT2D eigenvalue weighted by Gasteiger charge is -2.21. The fraction of sp³-hybridized carbons (Fsp3) is 0.435. The summed E-state index contributed by atoms with van der Waals surface area (Å²) in [5.41, 5.74) is 2.75. The number of halogens is 1. The van der Waals surface area contributed by atoms with Gasteiger partial charge in [0.2, 0.25) is 6.29 Å². The number of ether oxygens (including phenoxy) is 3. The molecule has 2 aromatic heterocycles. The first-order valence-corrected chi connectivity index (χ1v) is 10.9. The van der Waals surface area contributed by atoms with Gasteiger partial charge in [0.1, 0.15) is 11.9 Å². The summed E-state index contributed by atoms with van der Waals surface area (Å²) < 4.78 is 31.0. The topological polar surface area (TPSA) is 82.2 Å². The van der Waals surface area contributed by atoms with E-state index in [-0.39, 0.29) is 11.9 Å². The van der Waals surface area contributed by atoms with Crippen molar-refractivity contribution in [1.82, 2.24) is 19.9 Å². The van der Waals surface area contributed by atoms with Gasteiger partial charge in [0.05, 0.1) is 30.3 Å². The molecule has 31 heavy (non-hydrogen) atoms. The monoisotopic (exact) mass is 424 g/mol. The van der Waals surface area contributed by atoms with Crippen molar-refractivity contribution >= 4 is 0 Å². The molecule has 3 aromatic rings. The average Bonchev–Trinajstić information content (AvgIpc) is 3.27. The highest BCUT2D eigenvalue weighted by Gasteiger charge is 2.25. The van der Waals surface area contributed by atoms with Crippen LogP contribution in [0, 0.1) is 5.82 Å². The van der Waals surface area contributed by atoms with Crippen LogP contribution < -0.4 is 4.74 Å². The Hall–Kier alpha value is -2.84. The number of benzene rings is 1. The van der Waals surface area contributed by atoms with Gasteiger partial charge in [-0.1, -0.05) is 6.42 Å². The first kappa shape index (κ1) is 20.1. The Labute approximate surface area is 180 Å². The number of hydrogen-bond acceptors (Lipinski definition) is 6. The normalized spacial score (nSPS) is 18.2. The van der Waals surface area contributed by atoms with Crippen molar-refractivity contribution in [2.45, 2.75) is 50.9 Å². The first-order valence-electron chi connectivity index (χ1n) is 10.9. The fourth-order valence-electron chi connectivity index (χ4n) is 4.02. The molecule has 5 rings (SSSR count). The van der Waals surface area contributed by atoms with E-state index in [2.05, 4.69) is 15.0 Å². The van der Waals surface area contributed by atoms with Gasteiger partial charge < -0.3 is 19.2 Å². The number of H-pyrrole nitrogens is 1. The van der Waals surface area contributed by atoms with Crippen molar-refractivity contribution in [2.24, 2.45) is 0 Å². The van der Waals surface area contributed by atoms with Crippen molar-refractivity contribution in [2.75, 3.05) is 13.2 Å². The summed E-state index contributed by atoms with van der Waals surface area (Å²) in [6.07, 6.45) is 7.77. The van der Waals surface area contributed by atoms with Crippen LogP contribution in [0.1, 0.15) is 50.6 Å². The highest BCUT2D eigenvalue weighted by Crippen LogP contribution is 2.33. The zero-order valence-corrected chi connectivity index (χ0v) is 17.2. The van der Waals surface area contributed by atoms with Crippen LogP contribution >= 0.6 is 0 Å². The zero-order valence-electron chi connectivity index (χ0n) is 17.2. The molecule has 0 spiro atoms. The molecule has 0 bridgehead atoms. The fourth-order valence-corrected chi connectivity index (χ4v) is 4.02. The van der Waals surface area contributed by atoms with Crippen molar-refractivity contribution in [1.29, 1.82) is 0 Å². The maximum absolute atomic E-state index is 13.5. The smallest absolute Gasteiger partial charge is 0.317 e. The van der Waals surface area contributed by atoms with Gasteiger partial charge in [0.15, 0.2) is 5.82 Å². The van der Waals surface area contributed by atoms with Gasteiger partial charge in [-0.15, -0.1) is 0 Å². The summed E-state index contributed by atoms with van der Waals surface area (Å²) >= 11 is 0. The molecule has 1 saturated heterocycles. The van der Waals surface area contributed by atoms with E-state index in [0.29, 0.717) is 42.1 Å². The molecule has 0 radical (unpaired) electrons. The Morgan fingerprint density at radius 2 is 1.71 bits per heavy atom. The van der Waals surface area contributed by atoms with Crippen LogP contribution in [0.5, 0.6) is 6.01 Å². The number of nitrogens with zero attached hydrogens (tertiary/aromatic N) is 3. The van der Waals surface area contributed by atoms with Gasteiger partial charge in [-0.3, -0.25) is 0 Å². The molecular weight excluding hydrogens is 399 g/mol. The van der Waals surface area contributed by atoms with E-state index < -0.39 is 6.29 Å². The van der Waals surface area contributed by atoms with Crippen LogP contribution in [0.15, 0.2) is 36.5 Å². The summed E-state index contributed by atoms with van der Waals surface area (Å²) in [7, 11) is 0. The van der Waals surface area contributed by atoms with Crippen LogP contribution in [0.2, 0.25) is 0 Å². The molecule has 0 unspecified atom stereocenters. The summed E-state index contributed by atoms with van der Waals surface area (Å²) in [6.45, 7) is 1.22. The molecule has 1 aliphatic carbocycles. The lowest BCUT2D eigenvalue weighted by atomic mass is 9.98. The number of nitrogens with one attached hydrogen (secondary N) is 1. The minimum atomic E-state index is -0.568. The highest BCUT2D eigenvalue weighted by molar-refractivity contribution is 5.76. The number of aromatic amines is 1. The second-order valence-corrected chi connectivity index (χ2v) is 7.88. The molecule has 7 nitrogen and oxygen atoms in total.